The predicted molar refractivity (Wildman–Crippen MR) is 112 cm³/mol. The van der Waals surface area contributed by atoms with Gasteiger partial charge in [-0.15, -0.1) is 11.8 Å². The zero-order chi connectivity index (χ0) is 19.4. The molecule has 1 fully saturated rings. The molecule has 0 spiro atoms. The van der Waals surface area contributed by atoms with E-state index < -0.39 is 0 Å². The smallest absolute Gasteiger partial charge is 0.321 e. The molecule has 1 N–H and O–H groups in total. The Morgan fingerprint density at radius 2 is 1.89 bits per heavy atom. The van der Waals surface area contributed by atoms with Crippen LogP contribution in [0.1, 0.15) is 5.82 Å². The van der Waals surface area contributed by atoms with E-state index >= 15 is 0 Å². The van der Waals surface area contributed by atoms with E-state index in [1.165, 1.54) is 0 Å². The molecular weight excluding hydrogens is 360 g/mol. The lowest BCUT2D eigenvalue weighted by atomic mass is 10.3. The molecule has 0 unspecified atom stereocenters. The van der Waals surface area contributed by atoms with Crippen LogP contribution in [-0.2, 0) is 0 Å². The second kappa shape index (κ2) is 8.47. The summed E-state index contributed by atoms with van der Waals surface area (Å²) < 4.78 is 0. The van der Waals surface area contributed by atoms with Crippen molar-refractivity contribution in [1.29, 1.82) is 0 Å². The molecule has 0 radical (unpaired) electrons. The minimum atomic E-state index is -0.0549. The summed E-state index contributed by atoms with van der Waals surface area (Å²) in [6, 6.07) is 9.84. The lowest BCUT2D eigenvalue weighted by Gasteiger charge is -2.35. The van der Waals surface area contributed by atoms with Crippen molar-refractivity contribution in [3.63, 3.8) is 0 Å². The standard InChI is InChI=1S/C19H26N6OS/c1-14-20-17(23(2)3)13-18(21-14)24-8-10-25(11-9-24)19(26)22-15-6-5-7-16(12-15)27-4/h5-7,12-13H,8-11H2,1-4H3,(H,22,26). The number of benzene rings is 1. The Kier molecular flexibility index (Phi) is 6.05. The van der Waals surface area contributed by atoms with E-state index in [2.05, 4.69) is 20.2 Å². The maximum absolute atomic E-state index is 12.6. The number of amides is 2. The van der Waals surface area contributed by atoms with Crippen molar-refractivity contribution in [3.05, 3.63) is 36.2 Å². The van der Waals surface area contributed by atoms with Crippen LogP contribution in [0, 0.1) is 6.92 Å². The Morgan fingerprint density at radius 3 is 2.56 bits per heavy atom. The Bertz CT molecular complexity index is 805. The van der Waals surface area contributed by atoms with Crippen LogP contribution in [-0.4, -0.2) is 67.4 Å². The fourth-order valence-corrected chi connectivity index (χ4v) is 3.43. The van der Waals surface area contributed by atoms with Crippen LogP contribution >= 0.6 is 11.8 Å². The molecule has 144 valence electrons. The minimum absolute atomic E-state index is 0.0549. The zero-order valence-corrected chi connectivity index (χ0v) is 17.1. The van der Waals surface area contributed by atoms with Crippen molar-refractivity contribution < 1.29 is 4.79 Å². The summed E-state index contributed by atoms with van der Waals surface area (Å²) in [6.07, 6.45) is 2.02. The van der Waals surface area contributed by atoms with Gasteiger partial charge in [-0.2, -0.15) is 0 Å². The topological polar surface area (TPSA) is 64.6 Å². The molecule has 2 heterocycles. The molecule has 1 aromatic heterocycles. The number of carbonyl (C=O) groups is 1. The van der Waals surface area contributed by atoms with E-state index in [1.807, 2.05) is 67.4 Å². The van der Waals surface area contributed by atoms with Crippen LogP contribution in [0.4, 0.5) is 22.1 Å². The van der Waals surface area contributed by atoms with Gasteiger partial charge in [-0.1, -0.05) is 6.07 Å². The number of rotatable bonds is 4. The highest BCUT2D eigenvalue weighted by atomic mass is 32.2. The molecule has 0 bridgehead atoms. The van der Waals surface area contributed by atoms with E-state index in [-0.39, 0.29) is 6.03 Å². The summed E-state index contributed by atoms with van der Waals surface area (Å²) >= 11 is 1.66. The number of piperazine rings is 1. The first-order chi connectivity index (χ1) is 13.0. The van der Waals surface area contributed by atoms with Crippen molar-refractivity contribution >= 4 is 35.1 Å². The third-order valence-electron chi connectivity index (χ3n) is 4.48. The third-order valence-corrected chi connectivity index (χ3v) is 5.21. The van der Waals surface area contributed by atoms with E-state index in [4.69, 9.17) is 0 Å². The molecule has 2 aromatic rings. The van der Waals surface area contributed by atoms with Crippen molar-refractivity contribution in [2.45, 2.75) is 11.8 Å². The van der Waals surface area contributed by atoms with Gasteiger partial charge in [0.2, 0.25) is 0 Å². The van der Waals surface area contributed by atoms with Gasteiger partial charge >= 0.3 is 6.03 Å². The first-order valence-electron chi connectivity index (χ1n) is 8.94. The summed E-state index contributed by atoms with van der Waals surface area (Å²) in [4.78, 5) is 28.7. The Balaban J connectivity index is 1.60. The number of aryl methyl sites for hydroxylation is 1. The number of aromatic nitrogens is 2. The van der Waals surface area contributed by atoms with Gasteiger partial charge in [0, 0.05) is 56.9 Å². The number of hydrogen-bond acceptors (Lipinski definition) is 6. The van der Waals surface area contributed by atoms with Crippen LogP contribution in [0.2, 0.25) is 0 Å². The molecule has 2 amide bonds. The molecule has 7 nitrogen and oxygen atoms in total. The highest BCUT2D eigenvalue weighted by Crippen LogP contribution is 2.21. The van der Waals surface area contributed by atoms with Gasteiger partial charge in [0.1, 0.15) is 17.5 Å². The van der Waals surface area contributed by atoms with Crippen molar-refractivity contribution in [2.75, 3.05) is 61.6 Å². The summed E-state index contributed by atoms with van der Waals surface area (Å²) in [5.74, 6) is 2.57. The van der Waals surface area contributed by atoms with Crippen molar-refractivity contribution in [3.8, 4) is 0 Å². The maximum Gasteiger partial charge on any atom is 0.321 e. The summed E-state index contributed by atoms with van der Waals surface area (Å²) in [7, 11) is 3.94. The molecule has 0 atom stereocenters. The Morgan fingerprint density at radius 1 is 1.15 bits per heavy atom. The van der Waals surface area contributed by atoms with E-state index in [0.29, 0.717) is 13.1 Å². The monoisotopic (exact) mass is 386 g/mol. The number of carbonyl (C=O) groups excluding carboxylic acids is 1. The molecule has 1 saturated heterocycles. The lowest BCUT2D eigenvalue weighted by molar-refractivity contribution is 0.208. The quantitative estimate of drug-likeness (QED) is 0.815. The molecule has 3 rings (SSSR count). The lowest BCUT2D eigenvalue weighted by Crippen LogP contribution is -2.50. The summed E-state index contributed by atoms with van der Waals surface area (Å²) in [5, 5.41) is 3.00. The fraction of sp³-hybridized carbons (Fsp3) is 0.421. The number of thioether (sulfide) groups is 1. The second-order valence-electron chi connectivity index (χ2n) is 6.66. The van der Waals surface area contributed by atoms with Gasteiger partial charge in [-0.3, -0.25) is 0 Å². The van der Waals surface area contributed by atoms with E-state index in [0.717, 1.165) is 41.1 Å². The Hall–Kier alpha value is -2.48. The summed E-state index contributed by atoms with van der Waals surface area (Å²) in [6.45, 7) is 4.73. The Labute approximate surface area is 164 Å². The highest BCUT2D eigenvalue weighted by molar-refractivity contribution is 7.98. The number of nitrogens with zero attached hydrogens (tertiary/aromatic N) is 5. The van der Waals surface area contributed by atoms with Crippen LogP contribution in [0.25, 0.3) is 0 Å². The fourth-order valence-electron chi connectivity index (χ4n) is 2.97. The molecular formula is C19H26N6OS. The molecule has 1 aromatic carbocycles. The normalized spacial score (nSPS) is 14.2. The van der Waals surface area contributed by atoms with Crippen LogP contribution in [0.15, 0.2) is 35.2 Å². The van der Waals surface area contributed by atoms with E-state index in [1.54, 1.807) is 11.8 Å². The average Bonchev–Trinajstić information content (AvgIpc) is 2.67. The van der Waals surface area contributed by atoms with Gasteiger partial charge in [-0.25, -0.2) is 14.8 Å². The van der Waals surface area contributed by atoms with Gasteiger partial charge < -0.3 is 20.0 Å². The molecule has 0 aliphatic carbocycles. The van der Waals surface area contributed by atoms with Gasteiger partial charge in [0.05, 0.1) is 0 Å². The van der Waals surface area contributed by atoms with Gasteiger partial charge in [0.15, 0.2) is 0 Å². The molecule has 1 aliphatic rings. The maximum atomic E-state index is 12.6. The first kappa shape index (κ1) is 19.3. The van der Waals surface area contributed by atoms with Gasteiger partial charge in [0.25, 0.3) is 0 Å². The molecule has 0 saturated carbocycles. The van der Waals surface area contributed by atoms with Crippen molar-refractivity contribution in [2.24, 2.45) is 0 Å². The highest BCUT2D eigenvalue weighted by Gasteiger charge is 2.22. The number of hydrogen-bond donors (Lipinski definition) is 1. The molecule has 27 heavy (non-hydrogen) atoms. The minimum Gasteiger partial charge on any atom is -0.363 e. The van der Waals surface area contributed by atoms with Crippen LogP contribution in [0.3, 0.4) is 0 Å². The largest absolute Gasteiger partial charge is 0.363 e. The van der Waals surface area contributed by atoms with Crippen LogP contribution < -0.4 is 15.1 Å². The zero-order valence-electron chi connectivity index (χ0n) is 16.3. The van der Waals surface area contributed by atoms with Gasteiger partial charge in [-0.05, 0) is 31.4 Å². The SMILES string of the molecule is CSc1cccc(NC(=O)N2CCN(c3cc(N(C)C)nc(C)n3)CC2)c1. The molecule has 1 aliphatic heterocycles. The third kappa shape index (κ3) is 4.82. The molecule has 8 heteroatoms. The predicted octanol–water partition coefficient (Wildman–Crippen LogP) is 2.93. The van der Waals surface area contributed by atoms with Crippen molar-refractivity contribution in [1.82, 2.24) is 14.9 Å². The van der Waals surface area contributed by atoms with Crippen LogP contribution in [0.5, 0.6) is 0 Å². The average molecular weight is 387 g/mol. The second-order valence-corrected chi connectivity index (χ2v) is 7.54. The number of anilines is 3. The summed E-state index contributed by atoms with van der Waals surface area (Å²) in [5.41, 5.74) is 0.830. The van der Waals surface area contributed by atoms with E-state index in [9.17, 15) is 4.79 Å². The number of nitrogens with one attached hydrogen (secondary N) is 1. The number of urea groups is 1. The first-order valence-corrected chi connectivity index (χ1v) is 10.2.